The van der Waals surface area contributed by atoms with Crippen LogP contribution in [0, 0.1) is 24.7 Å². The lowest BCUT2D eigenvalue weighted by atomic mass is 9.80. The van der Waals surface area contributed by atoms with Crippen molar-refractivity contribution in [3.05, 3.63) is 75.4 Å². The first-order valence-corrected chi connectivity index (χ1v) is 19.8. The first kappa shape index (κ1) is 36.2. The van der Waals surface area contributed by atoms with Gasteiger partial charge in [-0.3, -0.25) is 19.4 Å². The first-order chi connectivity index (χ1) is 26.2. The fourth-order valence-electron chi connectivity index (χ4n) is 9.64. The molecule has 3 saturated heterocycles. The number of allylic oxidation sites excluding steroid dienone is 1. The molecule has 1 N–H and O–H groups in total. The number of hydrogen-bond donors (Lipinski definition) is 1. The standard InChI is InChI=1S/C43H50N6O5/c1-27-18-28(20-34-25-44-26-37(27)34)19-33(23-41(51)48-14-6-29(7-15-48)36-21-31-4-2-3-5-32(31)22-40(36)50)42(52)49-16-10-35(11-17-49)47-12-8-30(9-13-47)38-24-39(43(53)54)46-45-38/h2-5,18,20-21,25,29-30,33,35H,6-17,19,22-24,26H2,1H3,(H,53,54)/t33-/m0/s1. The molecule has 0 aromatic heterocycles. The number of fused-ring (bicyclic) bond motifs is 2. The van der Waals surface area contributed by atoms with Crippen LogP contribution < -0.4 is 0 Å². The molecule has 3 fully saturated rings. The molecular weight excluding hydrogens is 681 g/mol. The van der Waals surface area contributed by atoms with Crippen LogP contribution in [0.3, 0.4) is 0 Å². The fraction of sp³-hybridized carbons (Fsp3) is 0.512. The number of nitrogens with zero attached hydrogens (tertiary/aromatic N) is 6. The number of aliphatic carboxylic acids is 1. The number of carboxylic acid groups (broad SMARTS) is 1. The molecule has 0 unspecified atom stereocenters. The van der Waals surface area contributed by atoms with Crippen molar-refractivity contribution in [2.75, 3.05) is 39.3 Å². The number of aryl methyl sites for hydroxylation is 1. The summed E-state index contributed by atoms with van der Waals surface area (Å²) in [5.41, 5.74) is 8.70. The van der Waals surface area contributed by atoms with Crippen molar-refractivity contribution in [2.24, 2.45) is 32.9 Å². The molecule has 2 aromatic carbocycles. The minimum Gasteiger partial charge on any atom is -0.477 e. The van der Waals surface area contributed by atoms with Gasteiger partial charge in [-0.1, -0.05) is 30.3 Å². The molecule has 0 spiro atoms. The van der Waals surface area contributed by atoms with Crippen LogP contribution >= 0.6 is 0 Å². The van der Waals surface area contributed by atoms with Crippen molar-refractivity contribution in [3.8, 4) is 0 Å². The summed E-state index contributed by atoms with van der Waals surface area (Å²) in [5.74, 6) is -0.760. The molecule has 5 aliphatic heterocycles. The quantitative estimate of drug-likeness (QED) is 0.390. The average molecular weight is 731 g/mol. The Bertz CT molecular complexity index is 1960. The van der Waals surface area contributed by atoms with Crippen molar-refractivity contribution in [2.45, 2.75) is 83.7 Å². The fourth-order valence-corrected chi connectivity index (χ4v) is 9.64. The molecule has 0 bridgehead atoms. The Balaban J connectivity index is 0.889. The summed E-state index contributed by atoms with van der Waals surface area (Å²) >= 11 is 0. The first-order valence-electron chi connectivity index (χ1n) is 19.8. The molecule has 8 rings (SSSR count). The van der Waals surface area contributed by atoms with Gasteiger partial charge in [0, 0.05) is 63.6 Å². The van der Waals surface area contributed by atoms with E-state index in [0.29, 0.717) is 58.0 Å². The van der Waals surface area contributed by atoms with E-state index in [1.807, 2.05) is 34.2 Å². The van der Waals surface area contributed by atoms with E-state index >= 15 is 0 Å². The number of benzene rings is 2. The number of piperidine rings is 3. The molecule has 1 aliphatic carbocycles. The van der Waals surface area contributed by atoms with Crippen LogP contribution in [-0.2, 0) is 38.6 Å². The molecule has 282 valence electrons. The van der Waals surface area contributed by atoms with Crippen LogP contribution in [0.1, 0.15) is 84.7 Å². The Morgan fingerprint density at radius 3 is 2.31 bits per heavy atom. The van der Waals surface area contributed by atoms with E-state index in [4.69, 9.17) is 0 Å². The zero-order chi connectivity index (χ0) is 37.3. The van der Waals surface area contributed by atoms with Crippen LogP contribution in [0.4, 0.5) is 0 Å². The molecule has 0 radical (unpaired) electrons. The predicted molar refractivity (Wildman–Crippen MR) is 208 cm³/mol. The van der Waals surface area contributed by atoms with E-state index in [9.17, 15) is 24.3 Å². The van der Waals surface area contributed by atoms with Gasteiger partial charge in [0.1, 0.15) is 0 Å². The monoisotopic (exact) mass is 730 g/mol. The zero-order valence-electron chi connectivity index (χ0n) is 31.2. The van der Waals surface area contributed by atoms with Gasteiger partial charge in [-0.05, 0) is 122 Å². The maximum atomic E-state index is 14.4. The predicted octanol–water partition coefficient (Wildman–Crippen LogP) is 4.91. The largest absolute Gasteiger partial charge is 0.477 e. The van der Waals surface area contributed by atoms with Gasteiger partial charge in [-0.15, -0.1) is 5.10 Å². The summed E-state index contributed by atoms with van der Waals surface area (Å²) < 4.78 is 0. The third-order valence-corrected chi connectivity index (χ3v) is 12.8. The van der Waals surface area contributed by atoms with E-state index < -0.39 is 11.9 Å². The second kappa shape index (κ2) is 15.5. The second-order valence-electron chi connectivity index (χ2n) is 16.1. The van der Waals surface area contributed by atoms with E-state index in [1.165, 1.54) is 11.1 Å². The van der Waals surface area contributed by atoms with Crippen molar-refractivity contribution in [1.29, 1.82) is 0 Å². The summed E-state index contributed by atoms with van der Waals surface area (Å²) in [6.07, 6.45) is 10.6. The molecule has 6 aliphatic rings. The normalized spacial score (nSPS) is 21.7. The lowest BCUT2D eigenvalue weighted by Gasteiger charge is -2.42. The zero-order valence-corrected chi connectivity index (χ0v) is 31.2. The van der Waals surface area contributed by atoms with Crippen molar-refractivity contribution < 1.29 is 24.3 Å². The van der Waals surface area contributed by atoms with Gasteiger partial charge < -0.3 is 19.8 Å². The molecule has 2 aromatic rings. The Morgan fingerprint density at radius 2 is 1.57 bits per heavy atom. The Morgan fingerprint density at radius 1 is 0.852 bits per heavy atom. The number of ketones is 1. The van der Waals surface area contributed by atoms with Crippen LogP contribution in [0.15, 0.2) is 57.2 Å². The SMILES string of the molecule is Cc1cc(C[C@@H](CC(=O)N2CCC(C3=Cc4ccccc4CC3=O)CC2)C(=O)N2CCC(N3CCC(C4=NN=C(C(=O)O)C4)CC3)CC2)cc2c1CN=C2. The van der Waals surface area contributed by atoms with Gasteiger partial charge in [0.05, 0.1) is 18.2 Å². The Kier molecular flexibility index (Phi) is 10.4. The number of carbonyl (C=O) groups is 4. The van der Waals surface area contributed by atoms with Gasteiger partial charge in [0.2, 0.25) is 11.8 Å². The minimum atomic E-state index is -0.991. The Labute approximate surface area is 316 Å². The van der Waals surface area contributed by atoms with Gasteiger partial charge in [-0.25, -0.2) is 4.79 Å². The van der Waals surface area contributed by atoms with Crippen LogP contribution in [0.5, 0.6) is 0 Å². The molecule has 11 nitrogen and oxygen atoms in total. The molecule has 54 heavy (non-hydrogen) atoms. The number of rotatable bonds is 9. The van der Waals surface area contributed by atoms with E-state index in [-0.39, 0.29) is 41.6 Å². The van der Waals surface area contributed by atoms with E-state index in [2.05, 4.69) is 51.3 Å². The number of amides is 2. The van der Waals surface area contributed by atoms with Crippen LogP contribution in [-0.4, -0.2) is 106 Å². The molecule has 1 atom stereocenters. The maximum Gasteiger partial charge on any atom is 0.352 e. The van der Waals surface area contributed by atoms with Gasteiger partial charge >= 0.3 is 5.97 Å². The van der Waals surface area contributed by atoms with Crippen molar-refractivity contribution in [3.63, 3.8) is 0 Å². The highest BCUT2D eigenvalue weighted by Gasteiger charge is 2.36. The van der Waals surface area contributed by atoms with Crippen LogP contribution in [0.2, 0.25) is 0 Å². The summed E-state index contributed by atoms with van der Waals surface area (Å²) in [6, 6.07) is 12.8. The van der Waals surface area contributed by atoms with Crippen molar-refractivity contribution >= 4 is 47.3 Å². The summed E-state index contributed by atoms with van der Waals surface area (Å²) in [6.45, 7) is 7.17. The highest BCUT2D eigenvalue weighted by Crippen LogP contribution is 2.33. The van der Waals surface area contributed by atoms with Crippen molar-refractivity contribution in [1.82, 2.24) is 14.7 Å². The van der Waals surface area contributed by atoms with Gasteiger partial charge in [0.25, 0.3) is 0 Å². The minimum absolute atomic E-state index is 0.0195. The third kappa shape index (κ3) is 7.60. The number of aliphatic imine (C=N–C) groups is 1. The highest BCUT2D eigenvalue weighted by atomic mass is 16.4. The third-order valence-electron chi connectivity index (χ3n) is 12.8. The summed E-state index contributed by atoms with van der Waals surface area (Å²) in [5, 5.41) is 17.3. The molecule has 11 heteroatoms. The lowest BCUT2D eigenvalue weighted by Crippen LogP contribution is -2.51. The molecule has 0 saturated carbocycles. The van der Waals surface area contributed by atoms with Crippen LogP contribution in [0.25, 0.3) is 6.08 Å². The molecule has 5 heterocycles. The summed E-state index contributed by atoms with van der Waals surface area (Å²) in [7, 11) is 0. The number of Topliss-reactive ketones (excluding diaryl/α,β-unsaturated/α-hetero) is 1. The molecular formula is C43H50N6O5. The second-order valence-corrected chi connectivity index (χ2v) is 16.1. The van der Waals surface area contributed by atoms with E-state index in [0.717, 1.165) is 85.2 Å². The van der Waals surface area contributed by atoms with Gasteiger partial charge in [0.15, 0.2) is 11.5 Å². The van der Waals surface area contributed by atoms with Gasteiger partial charge in [-0.2, -0.15) is 5.10 Å². The van der Waals surface area contributed by atoms with E-state index in [1.54, 1.807) is 0 Å². The maximum absolute atomic E-state index is 14.4. The molecule has 2 amide bonds. The topological polar surface area (TPSA) is 135 Å². The summed E-state index contributed by atoms with van der Waals surface area (Å²) in [4.78, 5) is 63.7. The smallest absolute Gasteiger partial charge is 0.352 e. The number of likely N-dealkylation sites (tertiary alicyclic amines) is 3. The number of carboxylic acids is 1. The highest BCUT2D eigenvalue weighted by molar-refractivity contribution is 6.40. The number of hydrogen-bond acceptors (Lipinski definition) is 8. The Hall–Kier alpha value is -4.77. The number of carbonyl (C=O) groups excluding carboxylic acids is 3. The average Bonchev–Trinajstić information content (AvgIpc) is 3.89. The lowest BCUT2D eigenvalue weighted by molar-refractivity contribution is -0.143.